The molecule has 0 aliphatic carbocycles. The molecule has 18 heavy (non-hydrogen) atoms. The molecule has 2 N–H and O–H groups in total. The van der Waals surface area contributed by atoms with Crippen molar-refractivity contribution in [1.29, 1.82) is 0 Å². The molecule has 96 valence electrons. The normalized spacial score (nSPS) is 12.6. The molecule has 0 saturated carbocycles. The largest absolute Gasteiger partial charge is 0.322 e. The third-order valence-corrected chi connectivity index (χ3v) is 3.44. The summed E-state index contributed by atoms with van der Waals surface area (Å²) in [5.74, 6) is 0. The molecule has 1 atom stereocenters. The van der Waals surface area contributed by atoms with Gasteiger partial charge >= 0.3 is 0 Å². The molecule has 0 saturated heterocycles. The fourth-order valence-corrected chi connectivity index (χ4v) is 2.59. The minimum Gasteiger partial charge on any atom is -0.322 e. The summed E-state index contributed by atoms with van der Waals surface area (Å²) in [6.07, 6.45) is 7.23. The minimum absolute atomic E-state index is 0.0594. The van der Waals surface area contributed by atoms with E-state index in [0.29, 0.717) is 0 Å². The van der Waals surface area contributed by atoms with Crippen molar-refractivity contribution in [3.05, 3.63) is 46.5 Å². The van der Waals surface area contributed by atoms with E-state index in [4.69, 9.17) is 5.73 Å². The molecule has 0 fully saturated rings. The van der Waals surface area contributed by atoms with Gasteiger partial charge in [-0.05, 0) is 46.5 Å². The Balaban J connectivity index is 2.18. The van der Waals surface area contributed by atoms with Crippen LogP contribution in [0.2, 0.25) is 0 Å². The molecule has 2 heterocycles. The summed E-state index contributed by atoms with van der Waals surface area (Å²) >= 11 is 3.53. The highest BCUT2D eigenvalue weighted by molar-refractivity contribution is 9.10. The smallest absolute Gasteiger partial charge is 0.0696 e. The lowest BCUT2D eigenvalue weighted by atomic mass is 10.1. The van der Waals surface area contributed by atoms with E-state index in [1.165, 1.54) is 5.56 Å². The molecule has 2 aromatic heterocycles. The van der Waals surface area contributed by atoms with Crippen LogP contribution in [0.15, 0.2) is 35.2 Å². The number of aromatic nitrogens is 3. The maximum atomic E-state index is 6.29. The predicted molar refractivity (Wildman–Crippen MR) is 75.1 cm³/mol. The first-order chi connectivity index (χ1) is 8.72. The predicted octanol–water partition coefficient (Wildman–Crippen LogP) is 2.69. The monoisotopic (exact) mass is 308 g/mol. The second kappa shape index (κ2) is 6.11. The Labute approximate surface area is 115 Å². The maximum absolute atomic E-state index is 6.29. The van der Waals surface area contributed by atoms with Crippen LogP contribution in [0.3, 0.4) is 0 Å². The van der Waals surface area contributed by atoms with Crippen molar-refractivity contribution in [3.63, 3.8) is 0 Å². The maximum Gasteiger partial charge on any atom is 0.0696 e. The lowest BCUT2D eigenvalue weighted by molar-refractivity contribution is 0.536. The summed E-state index contributed by atoms with van der Waals surface area (Å²) in [5.41, 5.74) is 8.54. The quantitative estimate of drug-likeness (QED) is 0.924. The molecule has 2 rings (SSSR count). The number of halogens is 1. The van der Waals surface area contributed by atoms with Gasteiger partial charge in [0.1, 0.15) is 0 Å². The van der Waals surface area contributed by atoms with Gasteiger partial charge in [-0.3, -0.25) is 9.67 Å². The SMILES string of the molecule is CCCn1ncc(Br)c1C(N)Cc1ccncc1. The number of nitrogens with zero attached hydrogens (tertiary/aromatic N) is 3. The van der Waals surface area contributed by atoms with E-state index < -0.39 is 0 Å². The van der Waals surface area contributed by atoms with Gasteiger partial charge in [0, 0.05) is 18.9 Å². The van der Waals surface area contributed by atoms with Crippen molar-refractivity contribution in [2.24, 2.45) is 5.73 Å². The Morgan fingerprint density at radius 2 is 2.11 bits per heavy atom. The fraction of sp³-hybridized carbons (Fsp3) is 0.385. The second-order valence-corrected chi connectivity index (χ2v) is 5.12. The van der Waals surface area contributed by atoms with Gasteiger partial charge in [-0.25, -0.2) is 0 Å². The van der Waals surface area contributed by atoms with Crippen molar-refractivity contribution in [1.82, 2.24) is 14.8 Å². The van der Waals surface area contributed by atoms with Crippen LogP contribution in [0.25, 0.3) is 0 Å². The topological polar surface area (TPSA) is 56.7 Å². The van der Waals surface area contributed by atoms with Crippen molar-refractivity contribution < 1.29 is 0 Å². The molecule has 0 aliphatic heterocycles. The average molecular weight is 309 g/mol. The zero-order valence-electron chi connectivity index (χ0n) is 10.4. The number of hydrogen-bond donors (Lipinski definition) is 1. The Morgan fingerprint density at radius 3 is 2.78 bits per heavy atom. The van der Waals surface area contributed by atoms with Crippen LogP contribution in [0.1, 0.15) is 30.6 Å². The highest BCUT2D eigenvalue weighted by Crippen LogP contribution is 2.24. The molecule has 0 amide bonds. The first-order valence-corrected chi connectivity index (χ1v) is 6.87. The van der Waals surface area contributed by atoms with Gasteiger partial charge in [-0.1, -0.05) is 6.92 Å². The Morgan fingerprint density at radius 1 is 1.39 bits per heavy atom. The van der Waals surface area contributed by atoms with Gasteiger partial charge in [-0.2, -0.15) is 5.10 Å². The van der Waals surface area contributed by atoms with Crippen molar-refractivity contribution in [3.8, 4) is 0 Å². The molecule has 5 heteroatoms. The third-order valence-electron chi connectivity index (χ3n) is 2.82. The standard InChI is InChI=1S/C13H17BrN4/c1-2-7-18-13(11(14)9-17-18)12(15)8-10-3-5-16-6-4-10/h3-6,9,12H,2,7-8,15H2,1H3. The van der Waals surface area contributed by atoms with Crippen LogP contribution < -0.4 is 5.73 Å². The van der Waals surface area contributed by atoms with Crippen molar-refractivity contribution in [2.75, 3.05) is 0 Å². The first kappa shape index (κ1) is 13.2. The van der Waals surface area contributed by atoms with Crippen LogP contribution in [-0.2, 0) is 13.0 Å². The van der Waals surface area contributed by atoms with Crippen molar-refractivity contribution in [2.45, 2.75) is 32.4 Å². The fourth-order valence-electron chi connectivity index (χ4n) is 2.00. The summed E-state index contributed by atoms with van der Waals surface area (Å²) in [7, 11) is 0. The van der Waals surface area contributed by atoms with Gasteiger partial charge in [-0.15, -0.1) is 0 Å². The Hall–Kier alpha value is -1.20. The molecule has 2 aromatic rings. The number of nitrogens with two attached hydrogens (primary N) is 1. The number of pyridine rings is 1. The van der Waals surface area contributed by atoms with Crippen LogP contribution in [0, 0.1) is 0 Å². The van der Waals surface area contributed by atoms with Crippen LogP contribution in [0.4, 0.5) is 0 Å². The van der Waals surface area contributed by atoms with Crippen LogP contribution in [-0.4, -0.2) is 14.8 Å². The lowest BCUT2D eigenvalue weighted by Crippen LogP contribution is -2.19. The summed E-state index contributed by atoms with van der Waals surface area (Å²) in [6.45, 7) is 3.03. The third kappa shape index (κ3) is 2.97. The van der Waals surface area contributed by atoms with E-state index >= 15 is 0 Å². The molecule has 0 bridgehead atoms. The molecule has 0 aromatic carbocycles. The number of aryl methyl sites for hydroxylation is 1. The summed E-state index contributed by atoms with van der Waals surface area (Å²) in [6, 6.07) is 3.93. The van der Waals surface area contributed by atoms with E-state index in [9.17, 15) is 0 Å². The van der Waals surface area contributed by atoms with E-state index in [-0.39, 0.29) is 6.04 Å². The molecule has 0 radical (unpaired) electrons. The second-order valence-electron chi connectivity index (χ2n) is 4.27. The van der Waals surface area contributed by atoms with E-state index in [1.54, 1.807) is 12.4 Å². The highest BCUT2D eigenvalue weighted by atomic mass is 79.9. The minimum atomic E-state index is -0.0594. The molecule has 0 aliphatic rings. The molecule has 4 nitrogen and oxygen atoms in total. The van der Waals surface area contributed by atoms with E-state index in [2.05, 4.69) is 32.9 Å². The summed E-state index contributed by atoms with van der Waals surface area (Å²) < 4.78 is 2.97. The van der Waals surface area contributed by atoms with Gasteiger partial charge in [0.25, 0.3) is 0 Å². The average Bonchev–Trinajstić information content (AvgIpc) is 2.72. The van der Waals surface area contributed by atoms with E-state index in [1.807, 2.05) is 23.0 Å². The van der Waals surface area contributed by atoms with Gasteiger partial charge in [0.2, 0.25) is 0 Å². The molecule has 0 spiro atoms. The summed E-state index contributed by atoms with van der Waals surface area (Å²) in [5, 5.41) is 4.35. The molecular weight excluding hydrogens is 292 g/mol. The first-order valence-electron chi connectivity index (χ1n) is 6.08. The highest BCUT2D eigenvalue weighted by Gasteiger charge is 2.16. The zero-order valence-corrected chi connectivity index (χ0v) is 12.0. The zero-order chi connectivity index (χ0) is 13.0. The van der Waals surface area contributed by atoms with Crippen LogP contribution >= 0.6 is 15.9 Å². The molecule has 1 unspecified atom stereocenters. The van der Waals surface area contributed by atoms with Gasteiger partial charge in [0.15, 0.2) is 0 Å². The lowest BCUT2D eigenvalue weighted by Gasteiger charge is -2.14. The van der Waals surface area contributed by atoms with Gasteiger partial charge < -0.3 is 5.73 Å². The number of rotatable bonds is 5. The van der Waals surface area contributed by atoms with Crippen molar-refractivity contribution >= 4 is 15.9 Å². The Bertz CT molecular complexity index is 495. The Kier molecular flexibility index (Phi) is 4.49. The van der Waals surface area contributed by atoms with Gasteiger partial charge in [0.05, 0.1) is 22.4 Å². The van der Waals surface area contributed by atoms with E-state index in [0.717, 1.165) is 29.6 Å². The molecular formula is C13H17BrN4. The number of hydrogen-bond acceptors (Lipinski definition) is 3. The van der Waals surface area contributed by atoms with Crippen LogP contribution in [0.5, 0.6) is 0 Å². The summed E-state index contributed by atoms with van der Waals surface area (Å²) in [4.78, 5) is 4.01.